The third-order valence-corrected chi connectivity index (χ3v) is 4.01. The number of furan rings is 1. The summed E-state index contributed by atoms with van der Waals surface area (Å²) in [7, 11) is 0. The first-order chi connectivity index (χ1) is 10.8. The molecule has 0 atom stereocenters. The van der Waals surface area contributed by atoms with Crippen LogP contribution in [0.4, 0.5) is 0 Å². The summed E-state index contributed by atoms with van der Waals surface area (Å²) in [5.41, 5.74) is 1.02. The monoisotopic (exact) mass is 319 g/mol. The smallest absolute Gasteiger partial charge is 0.134 e. The van der Waals surface area contributed by atoms with Crippen LogP contribution in [0.2, 0.25) is 5.02 Å². The van der Waals surface area contributed by atoms with E-state index in [-0.39, 0.29) is 0 Å². The summed E-state index contributed by atoms with van der Waals surface area (Å²) in [5, 5.41) is 4.18. The zero-order valence-electron chi connectivity index (χ0n) is 13.4. The first-order valence-electron chi connectivity index (χ1n) is 8.35. The van der Waals surface area contributed by atoms with E-state index in [1.165, 1.54) is 38.5 Å². The summed E-state index contributed by atoms with van der Waals surface area (Å²) in [4.78, 5) is 0. The molecular weight excluding hydrogens is 294 g/mol. The van der Waals surface area contributed by atoms with Crippen molar-refractivity contribution in [2.24, 2.45) is 0 Å². The summed E-state index contributed by atoms with van der Waals surface area (Å²) < 4.78 is 5.86. The quantitative estimate of drug-likeness (QED) is 0.539. The molecule has 1 aromatic heterocycles. The first-order valence-corrected chi connectivity index (χ1v) is 8.73. The SMILES string of the molecule is CCCCCCCCNCc1ccc(-c2cccc(Cl)c2)o1. The lowest BCUT2D eigenvalue weighted by molar-refractivity contribution is 0.485. The molecule has 1 N–H and O–H groups in total. The molecular formula is C19H26ClNO. The Morgan fingerprint density at radius 1 is 1.00 bits per heavy atom. The van der Waals surface area contributed by atoms with Crippen LogP contribution in [0, 0.1) is 0 Å². The van der Waals surface area contributed by atoms with E-state index in [2.05, 4.69) is 12.2 Å². The fraction of sp³-hybridized carbons (Fsp3) is 0.474. The third-order valence-electron chi connectivity index (χ3n) is 3.78. The average molecular weight is 320 g/mol. The van der Waals surface area contributed by atoms with Gasteiger partial charge >= 0.3 is 0 Å². The van der Waals surface area contributed by atoms with Gasteiger partial charge in [0, 0.05) is 10.6 Å². The predicted molar refractivity (Wildman–Crippen MR) is 94.2 cm³/mol. The number of rotatable bonds is 10. The topological polar surface area (TPSA) is 25.2 Å². The van der Waals surface area contributed by atoms with Gasteiger partial charge in [-0.05, 0) is 37.2 Å². The van der Waals surface area contributed by atoms with Gasteiger partial charge in [0.25, 0.3) is 0 Å². The molecule has 0 spiro atoms. The first kappa shape index (κ1) is 17.1. The molecule has 1 aromatic carbocycles. The number of nitrogens with one attached hydrogen (secondary N) is 1. The van der Waals surface area contributed by atoms with Crippen molar-refractivity contribution in [3.05, 3.63) is 47.2 Å². The number of hydrogen-bond donors (Lipinski definition) is 1. The van der Waals surface area contributed by atoms with E-state index in [1.807, 2.05) is 36.4 Å². The maximum atomic E-state index is 6.01. The molecule has 0 radical (unpaired) electrons. The van der Waals surface area contributed by atoms with E-state index in [0.717, 1.165) is 35.2 Å². The molecule has 2 nitrogen and oxygen atoms in total. The minimum absolute atomic E-state index is 0.733. The van der Waals surface area contributed by atoms with Gasteiger partial charge in [-0.25, -0.2) is 0 Å². The largest absolute Gasteiger partial charge is 0.460 e. The van der Waals surface area contributed by atoms with Crippen LogP contribution in [0.1, 0.15) is 51.2 Å². The second kappa shape index (κ2) is 9.70. The van der Waals surface area contributed by atoms with Crippen LogP contribution >= 0.6 is 11.6 Å². The lowest BCUT2D eigenvalue weighted by Gasteiger charge is -2.03. The fourth-order valence-corrected chi connectivity index (χ4v) is 2.70. The molecule has 0 aliphatic rings. The van der Waals surface area contributed by atoms with Gasteiger partial charge in [-0.2, -0.15) is 0 Å². The van der Waals surface area contributed by atoms with Gasteiger partial charge in [0.2, 0.25) is 0 Å². The lowest BCUT2D eigenvalue weighted by Crippen LogP contribution is -2.14. The van der Waals surface area contributed by atoms with E-state index < -0.39 is 0 Å². The number of hydrogen-bond acceptors (Lipinski definition) is 2. The molecule has 120 valence electrons. The van der Waals surface area contributed by atoms with Crippen LogP contribution in [0.3, 0.4) is 0 Å². The molecule has 0 fully saturated rings. The molecule has 2 aromatic rings. The summed E-state index contributed by atoms with van der Waals surface area (Å²) in [6, 6.07) is 11.8. The molecule has 0 aliphatic carbocycles. The van der Waals surface area contributed by atoms with Gasteiger partial charge in [-0.1, -0.05) is 62.8 Å². The van der Waals surface area contributed by atoms with Crippen LogP contribution in [-0.2, 0) is 6.54 Å². The normalized spacial score (nSPS) is 11.0. The van der Waals surface area contributed by atoms with Crippen LogP contribution in [0.5, 0.6) is 0 Å². The number of unbranched alkanes of at least 4 members (excludes halogenated alkanes) is 5. The second-order valence-electron chi connectivity index (χ2n) is 5.72. The highest BCUT2D eigenvalue weighted by molar-refractivity contribution is 6.30. The summed E-state index contributed by atoms with van der Waals surface area (Å²) in [5.74, 6) is 1.85. The summed E-state index contributed by atoms with van der Waals surface area (Å²) in [6.07, 6.45) is 7.97. The average Bonchev–Trinajstić information content (AvgIpc) is 2.99. The van der Waals surface area contributed by atoms with Crippen LogP contribution in [-0.4, -0.2) is 6.54 Å². The van der Waals surface area contributed by atoms with Crippen LogP contribution < -0.4 is 5.32 Å². The Bertz CT molecular complexity index is 550. The Morgan fingerprint density at radius 3 is 2.64 bits per heavy atom. The molecule has 2 rings (SSSR count). The van der Waals surface area contributed by atoms with E-state index >= 15 is 0 Å². The lowest BCUT2D eigenvalue weighted by atomic mass is 10.1. The Morgan fingerprint density at radius 2 is 1.82 bits per heavy atom. The van der Waals surface area contributed by atoms with E-state index in [1.54, 1.807) is 0 Å². The second-order valence-corrected chi connectivity index (χ2v) is 6.16. The van der Waals surface area contributed by atoms with Crippen molar-refractivity contribution in [2.45, 2.75) is 52.0 Å². The van der Waals surface area contributed by atoms with Crippen molar-refractivity contribution in [1.82, 2.24) is 5.32 Å². The maximum absolute atomic E-state index is 6.01. The highest BCUT2D eigenvalue weighted by atomic mass is 35.5. The Labute approximate surface area is 138 Å². The maximum Gasteiger partial charge on any atom is 0.134 e. The Hall–Kier alpha value is -1.25. The number of halogens is 1. The minimum Gasteiger partial charge on any atom is -0.460 e. The standard InChI is InChI=1S/C19H26ClNO/c1-2-3-4-5-6-7-13-21-15-18-11-12-19(22-18)16-9-8-10-17(20)14-16/h8-12,14,21H,2-7,13,15H2,1H3. The van der Waals surface area contributed by atoms with E-state index in [0.29, 0.717) is 0 Å². The van der Waals surface area contributed by atoms with Gasteiger partial charge in [-0.3, -0.25) is 0 Å². The van der Waals surface area contributed by atoms with Crippen molar-refractivity contribution >= 4 is 11.6 Å². The van der Waals surface area contributed by atoms with Gasteiger partial charge < -0.3 is 9.73 Å². The minimum atomic E-state index is 0.733. The molecule has 0 saturated heterocycles. The predicted octanol–water partition coefficient (Wildman–Crippen LogP) is 6.05. The molecule has 0 amide bonds. The van der Waals surface area contributed by atoms with Crippen molar-refractivity contribution in [1.29, 1.82) is 0 Å². The van der Waals surface area contributed by atoms with Crippen molar-refractivity contribution < 1.29 is 4.42 Å². The fourth-order valence-electron chi connectivity index (χ4n) is 2.51. The third kappa shape index (κ3) is 5.86. The molecule has 22 heavy (non-hydrogen) atoms. The number of benzene rings is 1. The van der Waals surface area contributed by atoms with Crippen molar-refractivity contribution in [3.63, 3.8) is 0 Å². The zero-order valence-corrected chi connectivity index (χ0v) is 14.2. The molecule has 0 bridgehead atoms. The summed E-state index contributed by atoms with van der Waals surface area (Å²) >= 11 is 6.01. The highest BCUT2D eigenvalue weighted by Gasteiger charge is 2.05. The van der Waals surface area contributed by atoms with Crippen LogP contribution in [0.25, 0.3) is 11.3 Å². The Balaban J connectivity index is 1.67. The zero-order chi connectivity index (χ0) is 15.6. The van der Waals surface area contributed by atoms with Gasteiger partial charge in [0.05, 0.1) is 6.54 Å². The van der Waals surface area contributed by atoms with Crippen molar-refractivity contribution in [3.8, 4) is 11.3 Å². The Kier molecular flexibility index (Phi) is 7.55. The van der Waals surface area contributed by atoms with E-state index in [9.17, 15) is 0 Å². The van der Waals surface area contributed by atoms with Crippen molar-refractivity contribution in [2.75, 3.05) is 6.54 Å². The van der Waals surface area contributed by atoms with Gasteiger partial charge in [-0.15, -0.1) is 0 Å². The van der Waals surface area contributed by atoms with Gasteiger partial charge in [0.15, 0.2) is 0 Å². The van der Waals surface area contributed by atoms with Crippen LogP contribution in [0.15, 0.2) is 40.8 Å². The summed E-state index contributed by atoms with van der Waals surface area (Å²) in [6.45, 7) is 4.09. The molecule has 0 aliphatic heterocycles. The highest BCUT2D eigenvalue weighted by Crippen LogP contribution is 2.24. The molecule has 3 heteroatoms. The van der Waals surface area contributed by atoms with Gasteiger partial charge in [0.1, 0.15) is 11.5 Å². The molecule has 0 saturated carbocycles. The molecule has 1 heterocycles. The molecule has 0 unspecified atom stereocenters. The van der Waals surface area contributed by atoms with E-state index in [4.69, 9.17) is 16.0 Å².